The minimum Gasteiger partial charge on any atom is -0.368 e. The molecular formula is C13H16ClN5. The Kier molecular flexibility index (Phi) is 4.52. The summed E-state index contributed by atoms with van der Waals surface area (Å²) in [6.07, 6.45) is 2.11. The van der Waals surface area contributed by atoms with Crippen LogP contribution in [0, 0.1) is 0 Å². The van der Waals surface area contributed by atoms with Crippen molar-refractivity contribution >= 4 is 29.2 Å². The minimum atomic E-state index is 0.111. The summed E-state index contributed by atoms with van der Waals surface area (Å²) in [4.78, 5) is 14.1. The number of nitrogens with zero attached hydrogens (tertiary/aromatic N) is 4. The van der Waals surface area contributed by atoms with Crippen LogP contribution in [0.3, 0.4) is 0 Å². The van der Waals surface area contributed by atoms with Crippen LogP contribution < -0.4 is 10.6 Å². The Labute approximate surface area is 117 Å². The average Bonchev–Trinajstić information content (AvgIpc) is 2.39. The molecule has 0 aliphatic rings. The van der Waals surface area contributed by atoms with Gasteiger partial charge in [0.25, 0.3) is 0 Å². The first-order valence-electron chi connectivity index (χ1n) is 6.20. The van der Waals surface area contributed by atoms with Gasteiger partial charge in [0.1, 0.15) is 0 Å². The first-order chi connectivity index (χ1) is 9.20. The molecule has 6 heteroatoms. The van der Waals surface area contributed by atoms with Crippen LogP contribution in [0.2, 0.25) is 5.28 Å². The first-order valence-corrected chi connectivity index (χ1v) is 6.58. The Morgan fingerprint density at radius 3 is 2.53 bits per heavy atom. The van der Waals surface area contributed by atoms with E-state index in [9.17, 15) is 0 Å². The standard InChI is InChI=1S/C13H16ClN5/c1-2-3-9-19(10-7-5-4-6-8-10)13-17-11(14)16-12(15)18-13/h4-8H,2-3,9H2,1H3,(H2,15,16,17,18). The Hall–Kier alpha value is -1.88. The largest absolute Gasteiger partial charge is 0.368 e. The van der Waals surface area contributed by atoms with Crippen LogP contribution in [0.25, 0.3) is 0 Å². The van der Waals surface area contributed by atoms with Crippen LogP contribution in [-0.4, -0.2) is 21.5 Å². The third-order valence-corrected chi connectivity index (χ3v) is 2.83. The summed E-state index contributed by atoms with van der Waals surface area (Å²) in [7, 11) is 0. The second kappa shape index (κ2) is 6.33. The number of rotatable bonds is 5. The zero-order chi connectivity index (χ0) is 13.7. The predicted octanol–water partition coefficient (Wildman–Crippen LogP) is 3.05. The third-order valence-electron chi connectivity index (χ3n) is 2.66. The number of hydrogen-bond acceptors (Lipinski definition) is 5. The van der Waals surface area contributed by atoms with Crippen LogP contribution in [-0.2, 0) is 0 Å². The highest BCUT2D eigenvalue weighted by Gasteiger charge is 2.13. The number of unbranched alkanes of at least 4 members (excludes halogenated alkanes) is 1. The first kappa shape index (κ1) is 13.5. The van der Waals surface area contributed by atoms with Gasteiger partial charge in [0.15, 0.2) is 0 Å². The molecule has 0 radical (unpaired) electrons. The highest BCUT2D eigenvalue weighted by Crippen LogP contribution is 2.23. The van der Waals surface area contributed by atoms with Gasteiger partial charge in [-0.2, -0.15) is 15.0 Å². The molecule has 0 aliphatic carbocycles. The van der Waals surface area contributed by atoms with Crippen molar-refractivity contribution in [1.82, 2.24) is 15.0 Å². The van der Waals surface area contributed by atoms with E-state index in [2.05, 4.69) is 21.9 Å². The van der Waals surface area contributed by atoms with Crippen LogP contribution in [0.4, 0.5) is 17.6 Å². The van der Waals surface area contributed by atoms with E-state index in [1.165, 1.54) is 0 Å². The van der Waals surface area contributed by atoms with E-state index in [1.807, 2.05) is 35.2 Å². The molecule has 2 N–H and O–H groups in total. The monoisotopic (exact) mass is 277 g/mol. The van der Waals surface area contributed by atoms with Crippen molar-refractivity contribution in [2.75, 3.05) is 17.2 Å². The zero-order valence-electron chi connectivity index (χ0n) is 10.8. The highest BCUT2D eigenvalue weighted by molar-refractivity contribution is 6.28. The molecule has 0 fully saturated rings. The Morgan fingerprint density at radius 1 is 1.16 bits per heavy atom. The second-order valence-corrected chi connectivity index (χ2v) is 4.44. The van der Waals surface area contributed by atoms with Gasteiger partial charge < -0.3 is 10.6 Å². The maximum absolute atomic E-state index is 5.85. The number of halogens is 1. The molecule has 19 heavy (non-hydrogen) atoms. The molecule has 1 aromatic heterocycles. The van der Waals surface area contributed by atoms with E-state index >= 15 is 0 Å². The summed E-state index contributed by atoms with van der Waals surface area (Å²) in [5.41, 5.74) is 6.64. The number of benzene rings is 1. The van der Waals surface area contributed by atoms with Gasteiger partial charge in [0, 0.05) is 12.2 Å². The molecule has 0 aliphatic heterocycles. The van der Waals surface area contributed by atoms with Crippen LogP contribution in [0.5, 0.6) is 0 Å². The smallest absolute Gasteiger partial charge is 0.236 e. The van der Waals surface area contributed by atoms with Crippen molar-refractivity contribution in [2.24, 2.45) is 0 Å². The van der Waals surface area contributed by atoms with Crippen molar-refractivity contribution in [3.63, 3.8) is 0 Å². The Morgan fingerprint density at radius 2 is 1.89 bits per heavy atom. The van der Waals surface area contributed by atoms with Gasteiger partial charge in [-0.05, 0) is 30.2 Å². The number of nitrogens with two attached hydrogens (primary N) is 1. The van der Waals surface area contributed by atoms with E-state index in [0.29, 0.717) is 5.95 Å². The Balaban J connectivity index is 2.36. The molecular weight excluding hydrogens is 262 g/mol. The molecule has 1 heterocycles. The van der Waals surface area contributed by atoms with Crippen molar-refractivity contribution in [2.45, 2.75) is 19.8 Å². The molecule has 100 valence electrons. The summed E-state index contributed by atoms with van der Waals surface area (Å²) >= 11 is 5.85. The van der Waals surface area contributed by atoms with E-state index in [-0.39, 0.29) is 11.2 Å². The number of anilines is 3. The SMILES string of the molecule is CCCCN(c1ccccc1)c1nc(N)nc(Cl)n1. The summed E-state index contributed by atoms with van der Waals surface area (Å²) < 4.78 is 0. The lowest BCUT2D eigenvalue weighted by molar-refractivity contribution is 0.769. The molecule has 0 unspecified atom stereocenters. The van der Waals surface area contributed by atoms with Crippen LogP contribution >= 0.6 is 11.6 Å². The van der Waals surface area contributed by atoms with Crippen molar-refractivity contribution in [1.29, 1.82) is 0 Å². The molecule has 0 amide bonds. The molecule has 0 saturated heterocycles. The number of aromatic nitrogens is 3. The minimum absolute atomic E-state index is 0.111. The zero-order valence-corrected chi connectivity index (χ0v) is 11.5. The van der Waals surface area contributed by atoms with Gasteiger partial charge in [0.2, 0.25) is 17.2 Å². The molecule has 0 atom stereocenters. The quantitative estimate of drug-likeness (QED) is 0.910. The van der Waals surface area contributed by atoms with E-state index in [0.717, 1.165) is 25.1 Å². The normalized spacial score (nSPS) is 10.4. The molecule has 0 saturated carbocycles. The third kappa shape index (κ3) is 3.54. The van der Waals surface area contributed by atoms with Crippen molar-refractivity contribution in [3.8, 4) is 0 Å². The van der Waals surface area contributed by atoms with E-state index in [4.69, 9.17) is 17.3 Å². The lowest BCUT2D eigenvalue weighted by Crippen LogP contribution is -2.21. The van der Waals surface area contributed by atoms with E-state index < -0.39 is 0 Å². The van der Waals surface area contributed by atoms with Gasteiger partial charge in [0.05, 0.1) is 0 Å². The molecule has 2 aromatic rings. The fraction of sp³-hybridized carbons (Fsp3) is 0.308. The fourth-order valence-electron chi connectivity index (χ4n) is 1.74. The fourth-order valence-corrected chi connectivity index (χ4v) is 1.91. The molecule has 5 nitrogen and oxygen atoms in total. The van der Waals surface area contributed by atoms with Gasteiger partial charge in [-0.3, -0.25) is 0 Å². The predicted molar refractivity (Wildman–Crippen MR) is 77.6 cm³/mol. The number of nitrogen functional groups attached to an aromatic ring is 1. The maximum Gasteiger partial charge on any atom is 0.236 e. The Bertz CT molecular complexity index is 512. The van der Waals surface area contributed by atoms with Crippen LogP contribution in [0.1, 0.15) is 19.8 Å². The van der Waals surface area contributed by atoms with E-state index in [1.54, 1.807) is 0 Å². The molecule has 0 bridgehead atoms. The van der Waals surface area contributed by atoms with Gasteiger partial charge in [-0.15, -0.1) is 0 Å². The summed E-state index contributed by atoms with van der Waals surface area (Å²) in [6.45, 7) is 2.94. The van der Waals surface area contributed by atoms with Crippen molar-refractivity contribution < 1.29 is 0 Å². The summed E-state index contributed by atoms with van der Waals surface area (Å²) in [5.74, 6) is 0.615. The van der Waals surface area contributed by atoms with Gasteiger partial charge in [-0.1, -0.05) is 31.5 Å². The van der Waals surface area contributed by atoms with Gasteiger partial charge in [-0.25, -0.2) is 0 Å². The number of para-hydroxylation sites is 1. The topological polar surface area (TPSA) is 67.9 Å². The average molecular weight is 278 g/mol. The molecule has 1 aromatic carbocycles. The van der Waals surface area contributed by atoms with Gasteiger partial charge >= 0.3 is 0 Å². The maximum atomic E-state index is 5.85. The number of hydrogen-bond donors (Lipinski definition) is 1. The summed E-state index contributed by atoms with van der Waals surface area (Å²) in [6, 6.07) is 9.92. The van der Waals surface area contributed by atoms with Crippen LogP contribution in [0.15, 0.2) is 30.3 Å². The molecule has 2 rings (SSSR count). The van der Waals surface area contributed by atoms with Crippen molar-refractivity contribution in [3.05, 3.63) is 35.6 Å². The lowest BCUT2D eigenvalue weighted by atomic mass is 10.2. The summed E-state index contributed by atoms with van der Waals surface area (Å²) in [5, 5.41) is 0.111. The lowest BCUT2D eigenvalue weighted by Gasteiger charge is -2.22. The molecule has 0 spiro atoms. The highest BCUT2D eigenvalue weighted by atomic mass is 35.5. The second-order valence-electron chi connectivity index (χ2n) is 4.10.